The smallest absolute Gasteiger partial charge is 0.262 e. The molecule has 0 aliphatic carbocycles. The van der Waals surface area contributed by atoms with Gasteiger partial charge in [0.05, 0.1) is 18.5 Å². The number of nitrogens with zero attached hydrogens (tertiary/aromatic N) is 3. The molecule has 0 unspecified atom stereocenters. The van der Waals surface area contributed by atoms with Crippen LogP contribution in [-0.4, -0.2) is 37.1 Å². The van der Waals surface area contributed by atoms with Crippen molar-refractivity contribution >= 4 is 28.6 Å². The maximum Gasteiger partial charge on any atom is 0.262 e. The average Bonchev–Trinajstić information content (AvgIpc) is 3.16. The first-order valence-electron chi connectivity index (χ1n) is 9.45. The van der Waals surface area contributed by atoms with Gasteiger partial charge in [0, 0.05) is 30.1 Å². The number of nitrogens with one attached hydrogen (secondary N) is 1. The van der Waals surface area contributed by atoms with E-state index in [9.17, 15) is 4.79 Å². The summed E-state index contributed by atoms with van der Waals surface area (Å²) in [6, 6.07) is 13.7. The van der Waals surface area contributed by atoms with Crippen LogP contribution in [0.15, 0.2) is 57.9 Å². The Bertz CT molecular complexity index is 1180. The molecule has 2 heterocycles. The summed E-state index contributed by atoms with van der Waals surface area (Å²) in [6.45, 7) is 2.04. The number of amides is 1. The molecule has 0 fully saturated rings. The summed E-state index contributed by atoms with van der Waals surface area (Å²) >= 11 is 1.52. The molecular weight excluding hydrogens is 400 g/mol. The van der Waals surface area contributed by atoms with Crippen molar-refractivity contribution in [2.45, 2.75) is 13.3 Å². The molecule has 1 aliphatic rings. The van der Waals surface area contributed by atoms with E-state index in [0.29, 0.717) is 17.9 Å². The van der Waals surface area contributed by atoms with Crippen LogP contribution >= 0.6 is 11.3 Å². The second-order valence-electron chi connectivity index (χ2n) is 6.85. The standard InChI is InChI=1S/C22H22N4O3S/c1-14(10-15-4-7-17(28-3)8-5-15)25-26-19(13-30-22(26)23-2)16-6-9-20-18(11-16)24-21(27)12-29-20/h4-9,11,13H,10,12H2,1-3H3,(H,24,27). The van der Waals surface area contributed by atoms with Crippen molar-refractivity contribution in [1.29, 1.82) is 0 Å². The highest BCUT2D eigenvalue weighted by molar-refractivity contribution is 7.07. The van der Waals surface area contributed by atoms with Crippen LogP contribution in [0.5, 0.6) is 11.5 Å². The molecule has 0 atom stereocenters. The van der Waals surface area contributed by atoms with Crippen LogP contribution < -0.4 is 19.6 Å². The molecule has 0 bridgehead atoms. The second-order valence-corrected chi connectivity index (χ2v) is 7.68. The summed E-state index contributed by atoms with van der Waals surface area (Å²) in [7, 11) is 3.41. The van der Waals surface area contributed by atoms with Gasteiger partial charge in [-0.3, -0.25) is 9.79 Å². The number of anilines is 1. The summed E-state index contributed by atoms with van der Waals surface area (Å²) in [5.74, 6) is 1.34. The van der Waals surface area contributed by atoms with Gasteiger partial charge in [0.1, 0.15) is 11.5 Å². The summed E-state index contributed by atoms with van der Waals surface area (Å²) in [6.07, 6.45) is 0.712. The van der Waals surface area contributed by atoms with Gasteiger partial charge in [0.15, 0.2) is 6.61 Å². The van der Waals surface area contributed by atoms with Gasteiger partial charge in [-0.2, -0.15) is 5.10 Å². The molecule has 7 nitrogen and oxygen atoms in total. The van der Waals surface area contributed by atoms with Crippen molar-refractivity contribution < 1.29 is 14.3 Å². The van der Waals surface area contributed by atoms with Gasteiger partial charge >= 0.3 is 0 Å². The molecule has 0 saturated heterocycles. The largest absolute Gasteiger partial charge is 0.497 e. The van der Waals surface area contributed by atoms with Gasteiger partial charge in [-0.25, -0.2) is 4.68 Å². The number of carbonyl (C=O) groups excluding carboxylic acids is 1. The van der Waals surface area contributed by atoms with Crippen LogP contribution in [0.4, 0.5) is 5.69 Å². The predicted octanol–water partition coefficient (Wildman–Crippen LogP) is 3.55. The Balaban J connectivity index is 1.67. The number of thiazole rings is 1. The zero-order chi connectivity index (χ0) is 21.1. The number of methoxy groups -OCH3 is 1. The van der Waals surface area contributed by atoms with Gasteiger partial charge in [-0.05, 0) is 42.8 Å². The molecule has 1 aromatic heterocycles. The maximum absolute atomic E-state index is 11.7. The lowest BCUT2D eigenvalue weighted by molar-refractivity contribution is -0.118. The van der Waals surface area contributed by atoms with Crippen LogP contribution in [0.3, 0.4) is 0 Å². The molecule has 4 rings (SSSR count). The van der Waals surface area contributed by atoms with E-state index in [1.807, 2.05) is 59.4 Å². The molecule has 2 aromatic carbocycles. The first-order valence-corrected chi connectivity index (χ1v) is 10.3. The highest BCUT2D eigenvalue weighted by Crippen LogP contribution is 2.32. The molecule has 0 saturated carbocycles. The minimum absolute atomic E-state index is 0.0402. The van der Waals surface area contributed by atoms with E-state index in [-0.39, 0.29) is 12.5 Å². The Morgan fingerprint density at radius 2 is 2.07 bits per heavy atom. The Labute approximate surface area is 178 Å². The lowest BCUT2D eigenvalue weighted by atomic mass is 10.1. The number of carbonyl (C=O) groups is 1. The van der Waals surface area contributed by atoms with Gasteiger partial charge in [-0.1, -0.05) is 12.1 Å². The quantitative estimate of drug-likeness (QED) is 0.639. The Morgan fingerprint density at radius 3 is 2.80 bits per heavy atom. The van der Waals surface area contributed by atoms with E-state index in [2.05, 4.69) is 10.3 Å². The molecule has 1 aliphatic heterocycles. The van der Waals surface area contributed by atoms with Gasteiger partial charge in [0.25, 0.3) is 5.91 Å². The third-order valence-electron chi connectivity index (χ3n) is 4.67. The Morgan fingerprint density at radius 1 is 1.27 bits per heavy atom. The monoisotopic (exact) mass is 422 g/mol. The third kappa shape index (κ3) is 4.13. The summed E-state index contributed by atoms with van der Waals surface area (Å²) in [5, 5.41) is 9.70. The van der Waals surface area contributed by atoms with Crippen molar-refractivity contribution in [3.05, 3.63) is 58.2 Å². The zero-order valence-electron chi connectivity index (χ0n) is 17.0. The molecule has 1 amide bonds. The van der Waals surface area contributed by atoms with E-state index in [1.54, 1.807) is 14.2 Å². The minimum Gasteiger partial charge on any atom is -0.497 e. The molecule has 154 valence electrons. The summed E-state index contributed by atoms with van der Waals surface area (Å²) in [4.78, 5) is 16.8. The fraction of sp³-hybridized carbons (Fsp3) is 0.227. The van der Waals surface area contributed by atoms with E-state index in [1.165, 1.54) is 11.3 Å². The highest BCUT2D eigenvalue weighted by Gasteiger charge is 2.18. The number of rotatable bonds is 5. The summed E-state index contributed by atoms with van der Waals surface area (Å²) in [5.41, 5.74) is 4.58. The number of aromatic nitrogens is 1. The SMILES string of the molecule is CN=c1scc(-c2ccc3c(c2)NC(=O)CO3)n1N=C(C)Cc1ccc(OC)cc1. The summed E-state index contributed by atoms with van der Waals surface area (Å²) < 4.78 is 12.5. The topological polar surface area (TPSA) is 77.2 Å². The number of ether oxygens (including phenoxy) is 2. The Hall–Kier alpha value is -3.39. The lowest BCUT2D eigenvalue weighted by Gasteiger charge is -2.18. The van der Waals surface area contributed by atoms with Crippen LogP contribution in [0, 0.1) is 0 Å². The van der Waals surface area contributed by atoms with Crippen molar-refractivity contribution in [3.8, 4) is 22.8 Å². The third-order valence-corrected chi connectivity index (χ3v) is 5.58. The second kappa shape index (κ2) is 8.54. The fourth-order valence-corrected chi connectivity index (χ4v) is 4.03. The van der Waals surface area contributed by atoms with Crippen molar-refractivity contribution in [2.24, 2.45) is 10.1 Å². The number of hydrogen-bond donors (Lipinski definition) is 1. The average molecular weight is 423 g/mol. The van der Waals surface area contributed by atoms with Gasteiger partial charge in [0.2, 0.25) is 4.80 Å². The number of benzene rings is 2. The van der Waals surface area contributed by atoms with E-state index >= 15 is 0 Å². The van der Waals surface area contributed by atoms with Crippen LogP contribution in [-0.2, 0) is 11.2 Å². The number of fused-ring (bicyclic) bond motifs is 1. The molecule has 0 spiro atoms. The fourth-order valence-electron chi connectivity index (χ4n) is 3.23. The van der Waals surface area contributed by atoms with E-state index in [0.717, 1.165) is 33.1 Å². The van der Waals surface area contributed by atoms with Crippen molar-refractivity contribution in [1.82, 2.24) is 4.68 Å². The molecular formula is C22H22N4O3S. The molecule has 1 N–H and O–H groups in total. The van der Waals surface area contributed by atoms with Crippen LogP contribution in [0.25, 0.3) is 11.3 Å². The van der Waals surface area contributed by atoms with Crippen LogP contribution in [0.2, 0.25) is 0 Å². The Kier molecular flexibility index (Phi) is 5.67. The molecule has 8 heteroatoms. The van der Waals surface area contributed by atoms with Gasteiger partial charge < -0.3 is 14.8 Å². The minimum atomic E-state index is -0.157. The van der Waals surface area contributed by atoms with Gasteiger partial charge in [-0.15, -0.1) is 11.3 Å². The van der Waals surface area contributed by atoms with Crippen molar-refractivity contribution in [2.75, 3.05) is 26.1 Å². The van der Waals surface area contributed by atoms with E-state index in [4.69, 9.17) is 14.6 Å². The van der Waals surface area contributed by atoms with E-state index < -0.39 is 0 Å². The predicted molar refractivity (Wildman–Crippen MR) is 119 cm³/mol. The molecule has 3 aromatic rings. The van der Waals surface area contributed by atoms with Crippen molar-refractivity contribution in [3.63, 3.8) is 0 Å². The maximum atomic E-state index is 11.7. The normalized spacial score (nSPS) is 14.2. The first kappa shape index (κ1) is 19.9. The first-order chi connectivity index (χ1) is 14.6. The van der Waals surface area contributed by atoms with Crippen LogP contribution in [0.1, 0.15) is 12.5 Å². The highest BCUT2D eigenvalue weighted by atomic mass is 32.1. The number of hydrogen-bond acceptors (Lipinski definition) is 6. The zero-order valence-corrected chi connectivity index (χ0v) is 17.8. The molecule has 0 radical (unpaired) electrons. The molecule has 30 heavy (non-hydrogen) atoms. The lowest BCUT2D eigenvalue weighted by Crippen LogP contribution is -2.25.